The van der Waals surface area contributed by atoms with Gasteiger partial charge in [0.2, 0.25) is 5.95 Å². The van der Waals surface area contributed by atoms with Crippen molar-refractivity contribution in [2.45, 2.75) is 32.9 Å². The summed E-state index contributed by atoms with van der Waals surface area (Å²) in [6, 6.07) is 20.1. The maximum atomic E-state index is 13.5. The van der Waals surface area contributed by atoms with Gasteiger partial charge in [0.05, 0.1) is 12.3 Å². The summed E-state index contributed by atoms with van der Waals surface area (Å²) < 4.78 is 4.68. The predicted octanol–water partition coefficient (Wildman–Crippen LogP) is 2.58. The average Bonchev–Trinajstić information content (AvgIpc) is 3.22. The maximum absolute atomic E-state index is 13.5. The molecule has 0 aliphatic carbocycles. The van der Waals surface area contributed by atoms with Crippen molar-refractivity contribution in [2.24, 2.45) is 12.1 Å². The first-order valence-electron chi connectivity index (χ1n) is 11.1. The van der Waals surface area contributed by atoms with Gasteiger partial charge in [-0.25, -0.2) is 9.80 Å². The maximum Gasteiger partial charge on any atom is 0.332 e. The molecule has 0 saturated heterocycles. The predicted molar refractivity (Wildman–Crippen MR) is 130 cm³/mol. The lowest BCUT2D eigenvalue weighted by Gasteiger charge is -2.24. The summed E-state index contributed by atoms with van der Waals surface area (Å²) in [5.74, 6) is 0.597. The standard InChI is InChI=1S/C25H26N6O2/c1-18-17-30-21-22(26-24(30)31(27-18)16-14-20-11-7-4-8-12-20)28(2)25(33)29(23(21)32)15-13-19-9-5-3-6-10-19/h3-12H,13-17H2,1-2H3. The van der Waals surface area contributed by atoms with Crippen molar-refractivity contribution in [1.82, 2.24) is 18.7 Å². The zero-order valence-electron chi connectivity index (χ0n) is 18.8. The third kappa shape index (κ3) is 3.88. The number of aromatic nitrogens is 4. The number of nitrogens with zero attached hydrogens (tertiary/aromatic N) is 6. The van der Waals surface area contributed by atoms with Gasteiger partial charge >= 0.3 is 5.69 Å². The number of benzene rings is 2. The van der Waals surface area contributed by atoms with Crippen molar-refractivity contribution in [1.29, 1.82) is 0 Å². The highest BCUT2D eigenvalue weighted by Crippen LogP contribution is 2.24. The molecule has 33 heavy (non-hydrogen) atoms. The van der Waals surface area contributed by atoms with Crippen molar-refractivity contribution >= 4 is 22.8 Å². The molecule has 0 atom stereocenters. The van der Waals surface area contributed by atoms with Crippen LogP contribution in [0.1, 0.15) is 18.1 Å². The van der Waals surface area contributed by atoms with Gasteiger partial charge in [0.1, 0.15) is 0 Å². The molecule has 0 fully saturated rings. The Morgan fingerprint density at radius 1 is 0.879 bits per heavy atom. The molecule has 0 unspecified atom stereocenters. The molecule has 4 aromatic rings. The number of hydrazone groups is 1. The molecule has 8 nitrogen and oxygen atoms in total. The van der Waals surface area contributed by atoms with Crippen LogP contribution < -0.4 is 16.3 Å². The van der Waals surface area contributed by atoms with Gasteiger partial charge in [0, 0.05) is 20.1 Å². The molecule has 0 bridgehead atoms. The van der Waals surface area contributed by atoms with Crippen LogP contribution in [0, 0.1) is 0 Å². The van der Waals surface area contributed by atoms with Crippen LogP contribution >= 0.6 is 0 Å². The lowest BCUT2D eigenvalue weighted by atomic mass is 10.1. The number of anilines is 1. The quantitative estimate of drug-likeness (QED) is 0.460. The summed E-state index contributed by atoms with van der Waals surface area (Å²) in [4.78, 5) is 31.2. The van der Waals surface area contributed by atoms with Gasteiger partial charge in [-0.1, -0.05) is 60.7 Å². The molecule has 0 spiro atoms. The molecular formula is C25H26N6O2. The number of aryl methyl sites for hydroxylation is 2. The van der Waals surface area contributed by atoms with E-state index in [1.54, 1.807) is 7.05 Å². The number of rotatable bonds is 6. The highest BCUT2D eigenvalue weighted by atomic mass is 16.2. The van der Waals surface area contributed by atoms with E-state index in [-0.39, 0.29) is 11.2 Å². The van der Waals surface area contributed by atoms with Crippen LogP contribution in [-0.4, -0.2) is 30.9 Å². The Bertz CT molecular complexity index is 1450. The van der Waals surface area contributed by atoms with Gasteiger partial charge in [-0.3, -0.25) is 18.5 Å². The van der Waals surface area contributed by atoms with Crippen LogP contribution in [0.5, 0.6) is 0 Å². The summed E-state index contributed by atoms with van der Waals surface area (Å²) >= 11 is 0. The molecule has 0 N–H and O–H groups in total. The minimum Gasteiger partial charge on any atom is -0.297 e. The topological polar surface area (TPSA) is 77.4 Å². The van der Waals surface area contributed by atoms with Gasteiger partial charge in [-0.15, -0.1) is 0 Å². The summed E-state index contributed by atoms with van der Waals surface area (Å²) in [5.41, 5.74) is 3.35. The summed E-state index contributed by atoms with van der Waals surface area (Å²) in [6.07, 6.45) is 1.40. The Morgan fingerprint density at radius 2 is 1.48 bits per heavy atom. The van der Waals surface area contributed by atoms with Gasteiger partial charge in [0.25, 0.3) is 5.56 Å². The normalized spacial score (nSPS) is 13.3. The molecular weight excluding hydrogens is 416 g/mol. The van der Waals surface area contributed by atoms with Crippen LogP contribution in [0.4, 0.5) is 5.95 Å². The largest absolute Gasteiger partial charge is 0.332 e. The van der Waals surface area contributed by atoms with Crippen LogP contribution in [0.25, 0.3) is 11.2 Å². The van der Waals surface area contributed by atoms with Gasteiger partial charge in [0.15, 0.2) is 11.2 Å². The molecule has 1 aliphatic heterocycles. The second-order valence-electron chi connectivity index (χ2n) is 8.40. The van der Waals surface area contributed by atoms with Crippen molar-refractivity contribution in [2.75, 3.05) is 11.6 Å². The SMILES string of the molecule is CC1=NN(CCc2ccccc2)c2nc3c(c(=O)n(CCc4ccccc4)c(=O)n3C)n2C1. The fraction of sp³-hybridized carbons (Fsp3) is 0.280. The van der Waals surface area contributed by atoms with E-state index < -0.39 is 0 Å². The Hall–Kier alpha value is -3.94. The Balaban J connectivity index is 1.54. The van der Waals surface area contributed by atoms with E-state index in [1.165, 1.54) is 14.7 Å². The molecule has 0 radical (unpaired) electrons. The van der Waals surface area contributed by atoms with E-state index in [1.807, 2.05) is 65.0 Å². The van der Waals surface area contributed by atoms with Gasteiger partial charge in [-0.2, -0.15) is 10.1 Å². The lowest BCUT2D eigenvalue weighted by Crippen LogP contribution is -2.40. The highest BCUT2D eigenvalue weighted by Gasteiger charge is 2.26. The molecule has 168 valence electrons. The summed E-state index contributed by atoms with van der Waals surface area (Å²) in [7, 11) is 1.67. The van der Waals surface area contributed by atoms with E-state index in [2.05, 4.69) is 17.2 Å². The summed E-state index contributed by atoms with van der Waals surface area (Å²) in [5, 5.41) is 6.52. The molecule has 1 aliphatic rings. The molecule has 2 aromatic carbocycles. The molecule has 0 amide bonds. The Morgan fingerprint density at radius 3 is 2.12 bits per heavy atom. The van der Waals surface area contributed by atoms with Crippen molar-refractivity contribution < 1.29 is 0 Å². The molecule has 0 saturated carbocycles. The first-order chi connectivity index (χ1) is 16.0. The molecule has 5 rings (SSSR count). The number of hydrogen-bond donors (Lipinski definition) is 0. The number of fused-ring (bicyclic) bond motifs is 3. The fourth-order valence-electron chi connectivity index (χ4n) is 4.33. The van der Waals surface area contributed by atoms with Crippen LogP contribution in [0.15, 0.2) is 75.4 Å². The Labute approximate surface area is 191 Å². The van der Waals surface area contributed by atoms with Crippen molar-refractivity contribution in [3.8, 4) is 0 Å². The first-order valence-corrected chi connectivity index (χ1v) is 11.1. The first kappa shape index (κ1) is 20.9. The monoisotopic (exact) mass is 442 g/mol. The minimum absolute atomic E-state index is 0.305. The van der Waals surface area contributed by atoms with Crippen molar-refractivity contribution in [3.05, 3.63) is 92.6 Å². The van der Waals surface area contributed by atoms with E-state index in [4.69, 9.17) is 4.98 Å². The van der Waals surface area contributed by atoms with E-state index in [0.29, 0.717) is 43.2 Å². The average molecular weight is 443 g/mol. The third-order valence-electron chi connectivity index (χ3n) is 6.04. The second kappa shape index (κ2) is 8.54. The molecule has 3 heterocycles. The van der Waals surface area contributed by atoms with Crippen molar-refractivity contribution in [3.63, 3.8) is 0 Å². The zero-order valence-corrected chi connectivity index (χ0v) is 18.8. The molecule has 2 aromatic heterocycles. The smallest absolute Gasteiger partial charge is 0.297 e. The lowest BCUT2D eigenvalue weighted by molar-refractivity contribution is 0.600. The van der Waals surface area contributed by atoms with Gasteiger partial charge in [-0.05, 0) is 30.9 Å². The van der Waals surface area contributed by atoms with Crippen LogP contribution in [-0.2, 0) is 33.0 Å². The fourth-order valence-corrected chi connectivity index (χ4v) is 4.33. The number of imidazole rings is 1. The number of hydrogen-bond acceptors (Lipinski definition) is 5. The minimum atomic E-state index is -0.354. The van der Waals surface area contributed by atoms with E-state index in [0.717, 1.165) is 17.7 Å². The molecule has 8 heteroatoms. The summed E-state index contributed by atoms with van der Waals surface area (Å²) in [6.45, 7) is 3.36. The van der Waals surface area contributed by atoms with Crippen LogP contribution in [0.2, 0.25) is 0 Å². The highest BCUT2D eigenvalue weighted by molar-refractivity contribution is 5.87. The third-order valence-corrected chi connectivity index (χ3v) is 6.04. The van der Waals surface area contributed by atoms with Crippen LogP contribution in [0.3, 0.4) is 0 Å². The Kier molecular flexibility index (Phi) is 5.42. The van der Waals surface area contributed by atoms with E-state index in [9.17, 15) is 9.59 Å². The van der Waals surface area contributed by atoms with Gasteiger partial charge < -0.3 is 0 Å². The van der Waals surface area contributed by atoms with E-state index >= 15 is 0 Å². The zero-order chi connectivity index (χ0) is 22.9. The second-order valence-corrected chi connectivity index (χ2v) is 8.40.